The number of benzene rings is 1. The van der Waals surface area contributed by atoms with Crippen LogP contribution in [0, 0.1) is 0 Å². The molecule has 0 aliphatic carbocycles. The number of rotatable bonds is 11. The fraction of sp³-hybridized carbons (Fsp3) is 0.517. The fourth-order valence-electron chi connectivity index (χ4n) is 5.84. The summed E-state index contributed by atoms with van der Waals surface area (Å²) >= 11 is 2.82. The molecule has 45 heavy (non-hydrogen) atoms. The van der Waals surface area contributed by atoms with E-state index < -0.39 is 29.1 Å². The van der Waals surface area contributed by atoms with Crippen LogP contribution in [0.5, 0.6) is 5.75 Å². The second-order valence-electron chi connectivity index (χ2n) is 11.1. The maximum absolute atomic E-state index is 13.9. The predicted molar refractivity (Wildman–Crippen MR) is 173 cm³/mol. The molecule has 1 aromatic heterocycles. The van der Waals surface area contributed by atoms with E-state index >= 15 is 0 Å². The van der Waals surface area contributed by atoms with Crippen molar-refractivity contribution in [1.82, 2.24) is 30.4 Å². The van der Waals surface area contributed by atoms with Gasteiger partial charge in [-0.2, -0.15) is 13.2 Å². The van der Waals surface area contributed by atoms with Crippen molar-refractivity contribution in [3.8, 4) is 5.75 Å². The number of nitrogens with zero attached hydrogens (tertiary/aromatic N) is 5. The topological polar surface area (TPSA) is 123 Å². The van der Waals surface area contributed by atoms with Crippen LogP contribution < -0.4 is 18.6 Å². The summed E-state index contributed by atoms with van der Waals surface area (Å²) in [5.41, 5.74) is -0.477. The van der Waals surface area contributed by atoms with Gasteiger partial charge in [-0.15, -0.1) is 0 Å². The van der Waals surface area contributed by atoms with Gasteiger partial charge in [0.25, 0.3) is 5.91 Å². The molecular weight excluding hydrogens is 726 g/mol. The Kier molecular flexibility index (Phi) is 11.0. The van der Waals surface area contributed by atoms with Crippen molar-refractivity contribution in [3.05, 3.63) is 52.3 Å². The fourth-order valence-corrected chi connectivity index (χ4v) is 7.39. The van der Waals surface area contributed by atoms with Crippen molar-refractivity contribution in [1.29, 1.82) is 0 Å². The van der Waals surface area contributed by atoms with Crippen LogP contribution in [0.1, 0.15) is 54.2 Å². The minimum absolute atomic E-state index is 0.0994. The third-order valence-electron chi connectivity index (χ3n) is 8.26. The van der Waals surface area contributed by atoms with Gasteiger partial charge < -0.3 is 23.7 Å². The van der Waals surface area contributed by atoms with Gasteiger partial charge in [0.15, 0.2) is 28.5 Å². The third kappa shape index (κ3) is 8.31. The van der Waals surface area contributed by atoms with Crippen LogP contribution in [-0.2, 0) is 11.0 Å². The molecule has 2 unspecified atom stereocenters. The molecule has 2 atom stereocenters. The molecule has 0 radical (unpaired) electrons. The minimum Gasteiger partial charge on any atom is -0.481 e. The molecule has 5 rings (SSSR count). The molecule has 2 aromatic rings. The van der Waals surface area contributed by atoms with E-state index in [1.54, 1.807) is 12.3 Å². The van der Waals surface area contributed by atoms with Crippen LogP contribution in [0.4, 0.5) is 19.0 Å². The Hall–Kier alpha value is -2.83. The lowest BCUT2D eigenvalue weighted by Crippen LogP contribution is -2.47. The SMILES string of the molecule is CCC1CCCN1CC1=C(c2ccc(OI)c(C(F)(F)F)c2)NC(NC(=O)c2cnc(N3CCN(CCC(=O)O)CC3)cn2)S1. The lowest BCUT2D eigenvalue weighted by Gasteiger charge is -2.34. The zero-order valence-corrected chi connectivity index (χ0v) is 27.6. The van der Waals surface area contributed by atoms with E-state index in [0.29, 0.717) is 62.4 Å². The smallest absolute Gasteiger partial charge is 0.420 e. The number of carbonyl (C=O) groups excluding carboxylic acids is 1. The Labute approximate surface area is 277 Å². The zero-order chi connectivity index (χ0) is 32.1. The molecule has 0 saturated carbocycles. The van der Waals surface area contributed by atoms with Crippen molar-refractivity contribution in [3.63, 3.8) is 0 Å². The molecule has 16 heteroatoms. The molecule has 11 nitrogen and oxygen atoms in total. The minimum atomic E-state index is -4.60. The van der Waals surface area contributed by atoms with Gasteiger partial charge in [-0.1, -0.05) is 18.7 Å². The summed E-state index contributed by atoms with van der Waals surface area (Å²) in [6.45, 7) is 6.83. The number of piperazine rings is 1. The molecule has 4 heterocycles. The first-order valence-corrected chi connectivity index (χ1v) is 16.5. The molecular formula is C29H35F3IN7O4S. The van der Waals surface area contributed by atoms with E-state index in [2.05, 4.69) is 37.3 Å². The number of thioether (sulfide) groups is 1. The van der Waals surface area contributed by atoms with Crippen molar-refractivity contribution in [2.45, 2.75) is 50.3 Å². The quantitative estimate of drug-likeness (QED) is 0.283. The van der Waals surface area contributed by atoms with E-state index in [1.165, 1.54) is 47.0 Å². The highest BCUT2D eigenvalue weighted by atomic mass is 127. The average Bonchev–Trinajstić information content (AvgIpc) is 3.66. The summed E-state index contributed by atoms with van der Waals surface area (Å²) in [5.74, 6) is -0.925. The van der Waals surface area contributed by atoms with Gasteiger partial charge in [0, 0.05) is 50.2 Å². The summed E-state index contributed by atoms with van der Waals surface area (Å²) in [5, 5.41) is 15.0. The Bertz CT molecular complexity index is 1410. The zero-order valence-electron chi connectivity index (χ0n) is 24.6. The molecule has 2 saturated heterocycles. The van der Waals surface area contributed by atoms with Crippen LogP contribution in [0.15, 0.2) is 35.5 Å². The summed E-state index contributed by atoms with van der Waals surface area (Å²) in [6.07, 6.45) is 1.57. The number of hydrogen-bond donors (Lipinski definition) is 3. The van der Waals surface area contributed by atoms with Gasteiger partial charge >= 0.3 is 12.1 Å². The summed E-state index contributed by atoms with van der Waals surface area (Å²) in [6, 6.07) is 4.38. The number of amides is 1. The number of aromatic nitrogens is 2. The van der Waals surface area contributed by atoms with Crippen LogP contribution in [-0.4, -0.2) is 94.1 Å². The number of aliphatic carboxylic acids is 1. The maximum Gasteiger partial charge on any atom is 0.420 e. The first-order chi connectivity index (χ1) is 21.5. The number of nitrogens with one attached hydrogen (secondary N) is 2. The molecule has 2 fully saturated rings. The van der Waals surface area contributed by atoms with E-state index in [4.69, 9.17) is 8.17 Å². The van der Waals surface area contributed by atoms with Crippen molar-refractivity contribution in [2.75, 3.05) is 50.7 Å². The van der Waals surface area contributed by atoms with Gasteiger partial charge in [-0.25, -0.2) is 9.97 Å². The van der Waals surface area contributed by atoms with Crippen LogP contribution in [0.3, 0.4) is 0 Å². The number of halogens is 4. The van der Waals surface area contributed by atoms with E-state index in [0.717, 1.165) is 36.8 Å². The highest BCUT2D eigenvalue weighted by Gasteiger charge is 2.37. The van der Waals surface area contributed by atoms with Gasteiger partial charge in [-0.05, 0) is 49.6 Å². The largest absolute Gasteiger partial charge is 0.481 e. The lowest BCUT2D eigenvalue weighted by atomic mass is 10.1. The monoisotopic (exact) mass is 761 g/mol. The summed E-state index contributed by atoms with van der Waals surface area (Å²) < 4.78 is 46.5. The summed E-state index contributed by atoms with van der Waals surface area (Å²) in [4.78, 5) is 40.1. The van der Waals surface area contributed by atoms with Gasteiger partial charge in [0.05, 0.1) is 30.1 Å². The van der Waals surface area contributed by atoms with E-state index in [1.807, 2.05) is 4.90 Å². The highest BCUT2D eigenvalue weighted by Crippen LogP contribution is 2.42. The maximum atomic E-state index is 13.9. The Morgan fingerprint density at radius 1 is 1.18 bits per heavy atom. The second-order valence-corrected chi connectivity index (χ2v) is 12.7. The molecule has 3 N–H and O–H groups in total. The summed E-state index contributed by atoms with van der Waals surface area (Å²) in [7, 11) is 0. The van der Waals surface area contributed by atoms with Crippen molar-refractivity contribution >= 4 is 58.2 Å². The number of alkyl halides is 3. The Balaban J connectivity index is 1.27. The number of anilines is 1. The standard InChI is InChI=1S/C29H35F3IN7O4S/c1-2-19-4-3-8-40(19)17-23-26(18-5-6-22(44-33)20(14-18)29(30,31)32)36-28(45-23)37-27(43)21-15-35-24(16-34-21)39-12-10-38(11-13-39)9-7-25(41)42/h5-6,14-16,19,28,36H,2-4,7-13,17H2,1H3,(H,37,43)(H,41,42). The van der Waals surface area contributed by atoms with Gasteiger partial charge in [-0.3, -0.25) is 19.4 Å². The van der Waals surface area contributed by atoms with Gasteiger partial charge in [0.2, 0.25) is 0 Å². The Morgan fingerprint density at radius 2 is 1.96 bits per heavy atom. The molecule has 1 aromatic carbocycles. The van der Waals surface area contributed by atoms with Gasteiger partial charge in [0.1, 0.15) is 17.3 Å². The predicted octanol–water partition coefficient (Wildman–Crippen LogP) is 4.41. The molecule has 0 spiro atoms. The van der Waals surface area contributed by atoms with Crippen molar-refractivity contribution < 1.29 is 30.9 Å². The molecule has 3 aliphatic rings. The first-order valence-electron chi connectivity index (χ1n) is 14.8. The number of carboxylic acid groups (broad SMARTS) is 1. The molecule has 3 aliphatic heterocycles. The lowest BCUT2D eigenvalue weighted by molar-refractivity contribution is -0.138. The van der Waals surface area contributed by atoms with Crippen LogP contribution >= 0.6 is 34.8 Å². The average molecular weight is 762 g/mol. The normalized spacial score (nSPS) is 21.2. The molecule has 244 valence electrons. The highest BCUT2D eigenvalue weighted by molar-refractivity contribution is 14.1. The van der Waals surface area contributed by atoms with E-state index in [9.17, 15) is 22.8 Å². The van der Waals surface area contributed by atoms with Crippen LogP contribution in [0.25, 0.3) is 5.70 Å². The number of carbonyl (C=O) groups is 2. The molecule has 1 amide bonds. The van der Waals surface area contributed by atoms with Crippen molar-refractivity contribution in [2.24, 2.45) is 0 Å². The molecule has 0 bridgehead atoms. The Morgan fingerprint density at radius 3 is 2.60 bits per heavy atom. The van der Waals surface area contributed by atoms with Crippen LogP contribution in [0.2, 0.25) is 0 Å². The second kappa shape index (κ2) is 14.7. The number of hydrogen-bond acceptors (Lipinski definition) is 10. The first kappa shape index (κ1) is 33.5. The number of likely N-dealkylation sites (tertiary alicyclic amines) is 1. The number of carboxylic acids is 1. The third-order valence-corrected chi connectivity index (χ3v) is 9.82. The van der Waals surface area contributed by atoms with E-state index in [-0.39, 0.29) is 17.9 Å².